The molecule has 23 heavy (non-hydrogen) atoms. The highest BCUT2D eigenvalue weighted by atomic mass is 79.9. The number of benzene rings is 2. The second-order valence-corrected chi connectivity index (χ2v) is 6.80. The van der Waals surface area contributed by atoms with Gasteiger partial charge in [-0.2, -0.15) is 0 Å². The summed E-state index contributed by atoms with van der Waals surface area (Å²) in [7, 11) is 0. The second kappa shape index (κ2) is 6.27. The van der Waals surface area contributed by atoms with Crippen molar-refractivity contribution in [2.75, 3.05) is 0 Å². The first kappa shape index (κ1) is 16.5. The molecular formula is C18H16BrClFNO. The van der Waals surface area contributed by atoms with Crippen molar-refractivity contribution < 1.29 is 9.13 Å². The Balaban J connectivity index is 2.13. The minimum absolute atomic E-state index is 0.0634. The fraction of sp³-hybridized carbons (Fsp3) is 0.222. The van der Waals surface area contributed by atoms with Gasteiger partial charge in [0.15, 0.2) is 5.60 Å². The number of hydrogen-bond donors (Lipinski definition) is 1. The van der Waals surface area contributed by atoms with Gasteiger partial charge in [0.25, 0.3) is 0 Å². The predicted molar refractivity (Wildman–Crippen MR) is 94.4 cm³/mol. The summed E-state index contributed by atoms with van der Waals surface area (Å²) in [5.74, 6) is -0.0411. The Kier molecular flexibility index (Phi) is 4.50. The summed E-state index contributed by atoms with van der Waals surface area (Å²) in [6.07, 6.45) is 2.86. The molecule has 120 valence electrons. The zero-order valence-electron chi connectivity index (χ0n) is 12.4. The third-order valence-electron chi connectivity index (χ3n) is 4.24. The fourth-order valence-corrected chi connectivity index (χ4v) is 3.73. The van der Waals surface area contributed by atoms with Gasteiger partial charge in [0, 0.05) is 22.5 Å². The van der Waals surface area contributed by atoms with E-state index >= 15 is 0 Å². The lowest BCUT2D eigenvalue weighted by molar-refractivity contribution is 0.0627. The van der Waals surface area contributed by atoms with E-state index in [1.165, 1.54) is 6.07 Å². The Hall–Kier alpha value is -1.36. The molecule has 2 aromatic carbocycles. The lowest BCUT2D eigenvalue weighted by Crippen LogP contribution is -2.49. The molecule has 0 fully saturated rings. The summed E-state index contributed by atoms with van der Waals surface area (Å²) < 4.78 is 20.7. The lowest BCUT2D eigenvalue weighted by atomic mass is 9.81. The standard InChI is InChI=1S/C18H16BrClFNO/c1-2-6-15(22)18(11-7-4-3-5-8-11)10-12-14(23-18)9-13(21)17(20)16(12)19/h2-5,7-9,15H,1,6,10,22H2. The average molecular weight is 397 g/mol. The van der Waals surface area contributed by atoms with Crippen LogP contribution in [0.25, 0.3) is 0 Å². The maximum atomic E-state index is 13.9. The van der Waals surface area contributed by atoms with Crippen LogP contribution < -0.4 is 10.5 Å². The molecule has 0 aromatic heterocycles. The van der Waals surface area contributed by atoms with Crippen LogP contribution in [0.5, 0.6) is 5.75 Å². The van der Waals surface area contributed by atoms with Crippen LogP contribution >= 0.6 is 27.5 Å². The van der Waals surface area contributed by atoms with Crippen LogP contribution in [0.3, 0.4) is 0 Å². The van der Waals surface area contributed by atoms with E-state index in [0.29, 0.717) is 23.1 Å². The van der Waals surface area contributed by atoms with Gasteiger partial charge in [-0.1, -0.05) is 48.0 Å². The number of ether oxygens (including phenoxy) is 1. The summed E-state index contributed by atoms with van der Waals surface area (Å²) in [4.78, 5) is 0. The van der Waals surface area contributed by atoms with Crippen LogP contribution in [-0.4, -0.2) is 6.04 Å². The summed E-state index contributed by atoms with van der Waals surface area (Å²) in [6.45, 7) is 3.77. The SMILES string of the molecule is C=CCC(N)C1(c2ccccc2)Cc2c(cc(F)c(Cl)c2Br)O1. The Morgan fingerprint density at radius 1 is 1.43 bits per heavy atom. The van der Waals surface area contributed by atoms with Crippen molar-refractivity contribution in [2.24, 2.45) is 5.73 Å². The first-order valence-corrected chi connectivity index (χ1v) is 8.44. The van der Waals surface area contributed by atoms with Crippen LogP contribution in [0.1, 0.15) is 17.5 Å². The Morgan fingerprint density at radius 2 is 2.13 bits per heavy atom. The molecule has 1 aliphatic rings. The number of hydrogen-bond acceptors (Lipinski definition) is 2. The molecule has 1 aliphatic heterocycles. The maximum Gasteiger partial charge on any atom is 0.153 e. The number of fused-ring (bicyclic) bond motifs is 1. The molecule has 2 unspecified atom stereocenters. The van der Waals surface area contributed by atoms with Crippen molar-refractivity contribution in [1.29, 1.82) is 0 Å². The molecule has 0 saturated carbocycles. The van der Waals surface area contributed by atoms with Gasteiger partial charge in [0.05, 0.1) is 11.1 Å². The van der Waals surface area contributed by atoms with Crippen LogP contribution in [0.2, 0.25) is 5.02 Å². The van der Waals surface area contributed by atoms with Crippen LogP contribution in [0.15, 0.2) is 53.5 Å². The molecule has 0 saturated heterocycles. The number of halogens is 3. The third-order valence-corrected chi connectivity index (χ3v) is 5.71. The summed E-state index contributed by atoms with van der Waals surface area (Å²) in [5.41, 5.74) is 7.44. The van der Waals surface area contributed by atoms with E-state index in [1.807, 2.05) is 30.3 Å². The number of rotatable bonds is 4. The van der Waals surface area contributed by atoms with Crippen LogP contribution in [-0.2, 0) is 12.0 Å². The van der Waals surface area contributed by atoms with E-state index in [0.717, 1.165) is 11.1 Å². The quantitative estimate of drug-likeness (QED) is 0.584. The van der Waals surface area contributed by atoms with Crippen molar-refractivity contribution in [2.45, 2.75) is 24.5 Å². The first-order chi connectivity index (χ1) is 11.0. The van der Waals surface area contributed by atoms with E-state index in [4.69, 9.17) is 22.1 Å². The molecule has 2 aromatic rings. The van der Waals surface area contributed by atoms with Gasteiger partial charge >= 0.3 is 0 Å². The van der Waals surface area contributed by atoms with E-state index in [1.54, 1.807) is 6.08 Å². The highest BCUT2D eigenvalue weighted by Crippen LogP contribution is 2.48. The summed E-state index contributed by atoms with van der Waals surface area (Å²) >= 11 is 9.40. The smallest absolute Gasteiger partial charge is 0.153 e. The molecule has 3 rings (SSSR count). The molecule has 2 N–H and O–H groups in total. The van der Waals surface area contributed by atoms with E-state index < -0.39 is 11.4 Å². The molecule has 5 heteroatoms. The van der Waals surface area contributed by atoms with Gasteiger partial charge < -0.3 is 10.5 Å². The topological polar surface area (TPSA) is 35.2 Å². The Morgan fingerprint density at radius 3 is 2.78 bits per heavy atom. The molecular weight excluding hydrogens is 381 g/mol. The van der Waals surface area contributed by atoms with Crippen molar-refractivity contribution in [1.82, 2.24) is 0 Å². The highest BCUT2D eigenvalue weighted by Gasteiger charge is 2.47. The minimum Gasteiger partial charge on any atom is -0.480 e. The molecule has 0 spiro atoms. The predicted octanol–water partition coefficient (Wildman–Crippen LogP) is 4.98. The van der Waals surface area contributed by atoms with Crippen molar-refractivity contribution in [3.8, 4) is 5.75 Å². The van der Waals surface area contributed by atoms with Gasteiger partial charge in [-0.05, 0) is 27.9 Å². The largest absolute Gasteiger partial charge is 0.480 e. The summed E-state index contributed by atoms with van der Waals surface area (Å²) in [6, 6.07) is 10.8. The molecule has 0 bridgehead atoms. The Bertz CT molecular complexity index is 752. The molecule has 0 radical (unpaired) electrons. The first-order valence-electron chi connectivity index (χ1n) is 7.27. The molecule has 1 heterocycles. The molecule has 2 nitrogen and oxygen atoms in total. The highest BCUT2D eigenvalue weighted by molar-refractivity contribution is 9.10. The molecule has 0 amide bonds. The maximum absolute atomic E-state index is 13.9. The lowest BCUT2D eigenvalue weighted by Gasteiger charge is -2.34. The van der Waals surface area contributed by atoms with Crippen LogP contribution in [0, 0.1) is 5.82 Å². The summed E-state index contributed by atoms with van der Waals surface area (Å²) in [5, 5.41) is 0.0634. The van der Waals surface area contributed by atoms with Gasteiger partial charge in [0.1, 0.15) is 11.6 Å². The molecule has 2 atom stereocenters. The fourth-order valence-electron chi connectivity index (χ4n) is 3.03. The van der Waals surface area contributed by atoms with Crippen LogP contribution in [0.4, 0.5) is 4.39 Å². The van der Waals surface area contributed by atoms with Gasteiger partial charge in [0.2, 0.25) is 0 Å². The minimum atomic E-state index is -0.766. The zero-order valence-corrected chi connectivity index (χ0v) is 14.7. The Labute approximate surface area is 148 Å². The van der Waals surface area contributed by atoms with Crippen molar-refractivity contribution >= 4 is 27.5 Å². The van der Waals surface area contributed by atoms with Gasteiger partial charge in [-0.3, -0.25) is 0 Å². The average Bonchev–Trinajstić information content (AvgIpc) is 2.95. The second-order valence-electron chi connectivity index (χ2n) is 5.63. The van der Waals surface area contributed by atoms with E-state index in [2.05, 4.69) is 22.5 Å². The normalized spacial score (nSPS) is 20.7. The van der Waals surface area contributed by atoms with Crippen molar-refractivity contribution in [3.63, 3.8) is 0 Å². The van der Waals surface area contributed by atoms with Crippen molar-refractivity contribution in [3.05, 3.63) is 75.5 Å². The third kappa shape index (κ3) is 2.69. The number of nitrogens with two attached hydrogens (primary N) is 1. The molecule has 0 aliphatic carbocycles. The van der Waals surface area contributed by atoms with E-state index in [-0.39, 0.29) is 11.1 Å². The van der Waals surface area contributed by atoms with E-state index in [9.17, 15) is 4.39 Å². The zero-order chi connectivity index (χ0) is 16.6. The monoisotopic (exact) mass is 395 g/mol. The van der Waals surface area contributed by atoms with Gasteiger partial charge in [-0.15, -0.1) is 6.58 Å². The van der Waals surface area contributed by atoms with Gasteiger partial charge in [-0.25, -0.2) is 4.39 Å².